The van der Waals surface area contributed by atoms with Gasteiger partial charge in [-0.05, 0) is 26.3 Å². The molecular weight excluding hydrogens is 230 g/mol. The molecule has 1 rings (SSSR count). The summed E-state index contributed by atoms with van der Waals surface area (Å²) in [4.78, 5) is 11.4. The van der Waals surface area contributed by atoms with Gasteiger partial charge in [0.15, 0.2) is 0 Å². The summed E-state index contributed by atoms with van der Waals surface area (Å²) < 4.78 is 10.2. The minimum atomic E-state index is -0.346. The van der Waals surface area contributed by atoms with Crippen LogP contribution in [-0.2, 0) is 11.3 Å². The fourth-order valence-corrected chi connectivity index (χ4v) is 1.83. The van der Waals surface area contributed by atoms with E-state index in [1.807, 2.05) is 0 Å². The summed E-state index contributed by atoms with van der Waals surface area (Å²) in [7, 11) is 1.37. The molecule has 4 nitrogen and oxygen atoms in total. The first-order valence-electron chi connectivity index (χ1n) is 6.49. The highest BCUT2D eigenvalue weighted by Crippen LogP contribution is 2.15. The van der Waals surface area contributed by atoms with Crippen molar-refractivity contribution in [1.29, 1.82) is 0 Å². The molecule has 18 heavy (non-hydrogen) atoms. The predicted molar refractivity (Wildman–Crippen MR) is 70.6 cm³/mol. The number of carbonyl (C=O) groups is 1. The third kappa shape index (κ3) is 4.18. The van der Waals surface area contributed by atoms with Crippen molar-refractivity contribution in [3.8, 4) is 0 Å². The second kappa shape index (κ2) is 7.21. The molecule has 0 saturated heterocycles. The van der Waals surface area contributed by atoms with Gasteiger partial charge in [-0.3, -0.25) is 0 Å². The molecule has 0 saturated carbocycles. The molecule has 1 heterocycles. The van der Waals surface area contributed by atoms with Crippen LogP contribution in [0, 0.1) is 6.92 Å². The van der Waals surface area contributed by atoms with E-state index in [9.17, 15) is 4.79 Å². The lowest BCUT2D eigenvalue weighted by Crippen LogP contribution is -2.25. The minimum absolute atomic E-state index is 0.346. The maximum Gasteiger partial charge on any atom is 0.341 e. The topological polar surface area (TPSA) is 51.5 Å². The van der Waals surface area contributed by atoms with Gasteiger partial charge in [0.1, 0.15) is 17.1 Å². The zero-order valence-corrected chi connectivity index (χ0v) is 11.7. The summed E-state index contributed by atoms with van der Waals surface area (Å²) >= 11 is 0. The van der Waals surface area contributed by atoms with Crippen molar-refractivity contribution in [2.75, 3.05) is 7.11 Å². The van der Waals surface area contributed by atoms with Crippen molar-refractivity contribution in [3.05, 3.63) is 23.2 Å². The third-order valence-corrected chi connectivity index (χ3v) is 2.99. The molecule has 1 atom stereocenters. The molecule has 0 amide bonds. The summed E-state index contributed by atoms with van der Waals surface area (Å²) in [6, 6.07) is 2.21. The van der Waals surface area contributed by atoms with Crippen molar-refractivity contribution < 1.29 is 13.9 Å². The van der Waals surface area contributed by atoms with Crippen LogP contribution in [0.25, 0.3) is 0 Å². The highest BCUT2D eigenvalue weighted by Gasteiger charge is 2.15. The normalized spacial score (nSPS) is 12.4. The Morgan fingerprint density at radius 2 is 2.28 bits per heavy atom. The molecule has 0 fully saturated rings. The van der Waals surface area contributed by atoms with Gasteiger partial charge < -0.3 is 14.5 Å². The predicted octanol–water partition coefficient (Wildman–Crippen LogP) is 3.04. The standard InChI is InChI=1S/C14H23NO3/c1-5-6-7-10(2)15-9-12-8-13(11(3)18-12)14(16)17-4/h8,10,15H,5-7,9H2,1-4H3. The third-order valence-electron chi connectivity index (χ3n) is 2.99. The number of carbonyl (C=O) groups excluding carboxylic acids is 1. The van der Waals surface area contributed by atoms with Crippen LogP contribution in [0.1, 0.15) is 55.0 Å². The van der Waals surface area contributed by atoms with Gasteiger partial charge in [-0.1, -0.05) is 19.8 Å². The lowest BCUT2D eigenvalue weighted by atomic mass is 10.1. The van der Waals surface area contributed by atoms with Crippen molar-refractivity contribution in [2.24, 2.45) is 0 Å². The Labute approximate surface area is 109 Å². The maximum atomic E-state index is 11.4. The Morgan fingerprint density at radius 1 is 1.56 bits per heavy atom. The number of esters is 1. The van der Waals surface area contributed by atoms with Gasteiger partial charge in [0, 0.05) is 6.04 Å². The van der Waals surface area contributed by atoms with Crippen LogP contribution in [0.5, 0.6) is 0 Å². The molecular formula is C14H23NO3. The van der Waals surface area contributed by atoms with E-state index in [0.29, 0.717) is 23.9 Å². The van der Waals surface area contributed by atoms with Crippen molar-refractivity contribution in [1.82, 2.24) is 5.32 Å². The molecule has 0 radical (unpaired) electrons. The number of methoxy groups -OCH3 is 1. The van der Waals surface area contributed by atoms with Gasteiger partial charge in [-0.15, -0.1) is 0 Å². The van der Waals surface area contributed by atoms with E-state index in [-0.39, 0.29) is 5.97 Å². The first-order valence-corrected chi connectivity index (χ1v) is 6.49. The van der Waals surface area contributed by atoms with E-state index in [0.717, 1.165) is 12.2 Å². The molecule has 1 aromatic heterocycles. The summed E-state index contributed by atoms with van der Waals surface area (Å²) in [5.41, 5.74) is 0.510. The van der Waals surface area contributed by atoms with Gasteiger partial charge in [-0.2, -0.15) is 0 Å². The van der Waals surface area contributed by atoms with Crippen LogP contribution in [0.15, 0.2) is 10.5 Å². The first kappa shape index (κ1) is 14.8. The first-order chi connectivity index (χ1) is 8.58. The van der Waals surface area contributed by atoms with Crippen LogP contribution in [0.4, 0.5) is 0 Å². The lowest BCUT2D eigenvalue weighted by Gasteiger charge is -2.11. The molecule has 1 unspecified atom stereocenters. The van der Waals surface area contributed by atoms with Crippen molar-refractivity contribution in [3.63, 3.8) is 0 Å². The monoisotopic (exact) mass is 253 g/mol. The Morgan fingerprint density at radius 3 is 2.89 bits per heavy atom. The number of aryl methyl sites for hydroxylation is 1. The Hall–Kier alpha value is -1.29. The highest BCUT2D eigenvalue weighted by atomic mass is 16.5. The van der Waals surface area contributed by atoms with Crippen LogP contribution >= 0.6 is 0 Å². The molecule has 0 aliphatic rings. The summed E-state index contributed by atoms with van der Waals surface area (Å²) in [5, 5.41) is 3.39. The zero-order valence-electron chi connectivity index (χ0n) is 11.7. The van der Waals surface area contributed by atoms with E-state index < -0.39 is 0 Å². The van der Waals surface area contributed by atoms with Crippen LogP contribution in [0.3, 0.4) is 0 Å². The van der Waals surface area contributed by atoms with Crippen LogP contribution in [0.2, 0.25) is 0 Å². The Balaban J connectivity index is 2.50. The fourth-order valence-electron chi connectivity index (χ4n) is 1.83. The molecule has 0 aromatic carbocycles. The van der Waals surface area contributed by atoms with Gasteiger partial charge >= 0.3 is 5.97 Å². The smallest absolute Gasteiger partial charge is 0.341 e. The van der Waals surface area contributed by atoms with Gasteiger partial charge in [0.25, 0.3) is 0 Å². The number of unbranched alkanes of at least 4 members (excludes halogenated alkanes) is 1. The van der Waals surface area contributed by atoms with E-state index in [1.54, 1.807) is 13.0 Å². The van der Waals surface area contributed by atoms with E-state index in [4.69, 9.17) is 4.42 Å². The molecule has 0 spiro atoms. The average Bonchev–Trinajstić information content (AvgIpc) is 2.74. The second-order valence-corrected chi connectivity index (χ2v) is 4.60. The van der Waals surface area contributed by atoms with Crippen LogP contribution in [-0.4, -0.2) is 19.1 Å². The molecule has 0 aliphatic carbocycles. The number of rotatable bonds is 7. The van der Waals surface area contributed by atoms with Crippen LogP contribution < -0.4 is 5.32 Å². The number of ether oxygens (including phenoxy) is 1. The Kier molecular flexibility index (Phi) is 5.92. The molecule has 1 N–H and O–H groups in total. The van der Waals surface area contributed by atoms with Crippen molar-refractivity contribution in [2.45, 2.75) is 52.6 Å². The van der Waals surface area contributed by atoms with E-state index >= 15 is 0 Å². The zero-order chi connectivity index (χ0) is 13.5. The fraction of sp³-hybridized carbons (Fsp3) is 0.643. The SMILES string of the molecule is CCCCC(C)NCc1cc(C(=O)OC)c(C)o1. The quantitative estimate of drug-likeness (QED) is 0.759. The minimum Gasteiger partial charge on any atom is -0.465 e. The number of hydrogen-bond acceptors (Lipinski definition) is 4. The molecule has 1 aromatic rings. The van der Waals surface area contributed by atoms with Gasteiger partial charge in [-0.25, -0.2) is 4.79 Å². The number of nitrogens with one attached hydrogen (secondary N) is 1. The maximum absolute atomic E-state index is 11.4. The summed E-state index contributed by atoms with van der Waals surface area (Å²) in [6.45, 7) is 6.76. The number of hydrogen-bond donors (Lipinski definition) is 1. The van der Waals surface area contributed by atoms with Crippen molar-refractivity contribution >= 4 is 5.97 Å². The second-order valence-electron chi connectivity index (χ2n) is 4.60. The highest BCUT2D eigenvalue weighted by molar-refractivity contribution is 5.90. The van der Waals surface area contributed by atoms with Gasteiger partial charge in [0.05, 0.1) is 13.7 Å². The summed E-state index contributed by atoms with van der Waals surface area (Å²) in [5.74, 6) is 1.04. The van der Waals surface area contributed by atoms with E-state index in [1.165, 1.54) is 20.0 Å². The molecule has 4 heteroatoms. The largest absolute Gasteiger partial charge is 0.465 e. The summed E-state index contributed by atoms with van der Waals surface area (Å²) in [6.07, 6.45) is 3.58. The van der Waals surface area contributed by atoms with Gasteiger partial charge in [0.2, 0.25) is 0 Å². The molecule has 102 valence electrons. The molecule has 0 aliphatic heterocycles. The Bertz CT molecular complexity index is 384. The lowest BCUT2D eigenvalue weighted by molar-refractivity contribution is 0.0599. The van der Waals surface area contributed by atoms with E-state index in [2.05, 4.69) is 23.9 Å². The molecule has 0 bridgehead atoms. The average molecular weight is 253 g/mol. The number of furan rings is 1.